The van der Waals surface area contributed by atoms with Gasteiger partial charge in [0.15, 0.2) is 5.82 Å². The maximum Gasteiger partial charge on any atom is 0.243 e. The fraction of sp³-hybridized carbons (Fsp3) is 0.600. The number of carbonyl (C=O) groups is 9. The molecule has 5 rings (SSSR count). The summed E-state index contributed by atoms with van der Waals surface area (Å²) in [5, 5.41) is 7.25. The predicted molar refractivity (Wildman–Crippen MR) is 377 cm³/mol. The van der Waals surface area contributed by atoms with Crippen molar-refractivity contribution in [3.8, 4) is 0 Å². The minimum atomic E-state index is -0.950. The second-order valence-corrected chi connectivity index (χ2v) is 25.9. The van der Waals surface area contributed by atoms with Crippen LogP contribution in [0, 0.1) is 11.8 Å². The lowest BCUT2D eigenvalue weighted by Gasteiger charge is -2.35. The van der Waals surface area contributed by atoms with Gasteiger partial charge in [0.1, 0.15) is 18.6 Å². The van der Waals surface area contributed by atoms with Crippen LogP contribution in [0.3, 0.4) is 0 Å². The summed E-state index contributed by atoms with van der Waals surface area (Å²) in [6.45, 7) is 9.52. The smallest absolute Gasteiger partial charge is 0.243 e. The summed E-state index contributed by atoms with van der Waals surface area (Å²) in [6.07, 6.45) is 13.7. The Kier molecular flexibility index (Phi) is 35.2. The van der Waals surface area contributed by atoms with E-state index < -0.39 is 85.5 Å². The van der Waals surface area contributed by atoms with Crippen molar-refractivity contribution in [3.63, 3.8) is 0 Å². The number of rotatable bonds is 48. The predicted octanol–water partition coefficient (Wildman–Crippen LogP) is 3.62. The number of amides is 9. The largest absolute Gasteiger partial charge is 0.368 e. The summed E-state index contributed by atoms with van der Waals surface area (Å²) < 4.78 is 0. The first-order valence-corrected chi connectivity index (χ1v) is 34.7. The fourth-order valence-electron chi connectivity index (χ4n) is 11.6. The third-order valence-electron chi connectivity index (χ3n) is 16.9. The Morgan fingerprint density at radius 3 is 1.71 bits per heavy atom. The van der Waals surface area contributed by atoms with Gasteiger partial charge >= 0.3 is 0 Å². The molecule has 27 nitrogen and oxygen atoms in total. The van der Waals surface area contributed by atoms with E-state index in [2.05, 4.69) is 30.6 Å². The minimum Gasteiger partial charge on any atom is -0.368 e. The van der Waals surface area contributed by atoms with Crippen LogP contribution in [0.5, 0.6) is 0 Å². The molecule has 2 aromatic heterocycles. The van der Waals surface area contributed by atoms with Crippen LogP contribution in [0.15, 0.2) is 72.1 Å². The number of nitrogens with zero attached hydrogens (tertiary/aromatic N) is 10. The SMILES string of the molecule is CC(C)CN(CC(=O)N(CC(=O)N(CC(=O)N(CCCCN)CC(=O)N(CCCCN)CC(N)=O)[C@@H](C)c1ccccc1)CC(C)C)C(=O)CN(CCc1c[nH]c2ccccc12)C(=O)CN(CCCCN)C(=O)C(N)CCCCNC(=O)CCCCCNc1ncnc2c1N=CC2. The Labute approximate surface area is 572 Å². The number of H-pyrrole nitrogens is 1. The lowest BCUT2D eigenvalue weighted by atomic mass is 10.1. The number of anilines is 1. The maximum atomic E-state index is 15.0. The van der Waals surface area contributed by atoms with Gasteiger partial charge in [0.25, 0.3) is 0 Å². The molecule has 13 N–H and O–H groups in total. The first-order chi connectivity index (χ1) is 46.6. The van der Waals surface area contributed by atoms with E-state index in [1.54, 1.807) is 6.92 Å². The molecule has 0 spiro atoms. The molecule has 0 saturated carbocycles. The van der Waals surface area contributed by atoms with Crippen LogP contribution in [0.25, 0.3) is 10.9 Å². The molecule has 3 heterocycles. The molecule has 1 unspecified atom stereocenters. The summed E-state index contributed by atoms with van der Waals surface area (Å²) in [4.78, 5) is 153. The number of aliphatic imine (C=N–C) groups is 1. The zero-order valence-corrected chi connectivity index (χ0v) is 58.1. The van der Waals surface area contributed by atoms with Gasteiger partial charge in [-0.25, -0.2) is 9.97 Å². The maximum absolute atomic E-state index is 15.0. The first kappa shape index (κ1) is 79.3. The molecule has 4 aromatic rings. The zero-order chi connectivity index (χ0) is 70.7. The van der Waals surface area contributed by atoms with Gasteiger partial charge in [0.2, 0.25) is 53.2 Å². The van der Waals surface area contributed by atoms with Gasteiger partial charge in [-0.05, 0) is 133 Å². The van der Waals surface area contributed by atoms with E-state index in [1.807, 2.05) is 94.7 Å². The number of unbranched alkanes of at least 4 members (excludes halogenated alkanes) is 6. The van der Waals surface area contributed by atoms with E-state index in [0.29, 0.717) is 115 Å². The quantitative estimate of drug-likeness (QED) is 0.0293. The van der Waals surface area contributed by atoms with Crippen LogP contribution in [-0.4, -0.2) is 232 Å². The van der Waals surface area contributed by atoms with Crippen LogP contribution in [0.1, 0.15) is 141 Å². The first-order valence-electron chi connectivity index (χ1n) is 34.7. The second-order valence-electron chi connectivity index (χ2n) is 25.9. The van der Waals surface area contributed by atoms with Crippen molar-refractivity contribution in [1.29, 1.82) is 0 Å². The Hall–Kier alpha value is -8.40. The monoisotopic (exact) mass is 1350 g/mol. The number of nitrogens with two attached hydrogens (primary N) is 5. The standard InChI is InChI=1S/C70H110N18O9/c1-51(2)41-86(47-65(94)87(42-52(3)4)48-67(96)88(53(5)54-22-8-6-9-23-54)49-66(95)83(37-20-15-31-72)44-62(91)82(43-60(75)89)36-19-14-30-71)64(93)45-84(39-29-55-40-79-58-26-12-11-24-56(55)58)63(92)46-85(38-21-16-32-73)70(97)57(74)25-13-18-33-76-61(90)27-10-7-17-34-78-69-68-59(28-35-77-68)80-50-81-69/h6,8-9,11-12,22-24,26,35,40,50-53,57,79H,7,10,13-21,25,27-34,36-39,41-49,71-74H2,1-5H3,(H2,75,89)(H,76,90)(H,78,80,81)/t53-,57?/m0/s1. The van der Waals surface area contributed by atoms with Gasteiger partial charge < -0.3 is 78.6 Å². The zero-order valence-electron chi connectivity index (χ0n) is 58.1. The van der Waals surface area contributed by atoms with Crippen LogP contribution < -0.4 is 39.3 Å². The molecule has 9 amide bonds. The number of fused-ring (bicyclic) bond motifs is 2. The van der Waals surface area contributed by atoms with Crippen molar-refractivity contribution in [3.05, 3.63) is 83.9 Å². The lowest BCUT2D eigenvalue weighted by molar-refractivity contribution is -0.149. The molecule has 97 heavy (non-hydrogen) atoms. The van der Waals surface area contributed by atoms with Crippen LogP contribution in [0.2, 0.25) is 0 Å². The molecule has 27 heteroatoms. The van der Waals surface area contributed by atoms with Crippen molar-refractivity contribution < 1.29 is 43.2 Å². The van der Waals surface area contributed by atoms with E-state index in [0.717, 1.165) is 52.9 Å². The van der Waals surface area contributed by atoms with Crippen molar-refractivity contribution in [2.75, 3.05) is 123 Å². The minimum absolute atomic E-state index is 0.0511. The third kappa shape index (κ3) is 27.6. The normalized spacial score (nSPS) is 12.3. The van der Waals surface area contributed by atoms with Gasteiger partial charge in [0.05, 0.1) is 57.0 Å². The summed E-state index contributed by atoms with van der Waals surface area (Å²) in [6, 6.07) is 15.2. The molecule has 534 valence electrons. The Bertz CT molecular complexity index is 3160. The molecule has 0 fully saturated rings. The van der Waals surface area contributed by atoms with Crippen molar-refractivity contribution >= 4 is 81.8 Å². The molecule has 2 atom stereocenters. The number of hydrogen-bond acceptors (Lipinski definition) is 17. The van der Waals surface area contributed by atoms with E-state index in [9.17, 15) is 38.4 Å². The topological polar surface area (TPSA) is 384 Å². The number of para-hydroxylation sites is 1. The van der Waals surface area contributed by atoms with Crippen LogP contribution in [0.4, 0.5) is 11.5 Å². The fourth-order valence-corrected chi connectivity index (χ4v) is 11.6. The number of hydrogen-bond donors (Lipinski definition) is 8. The Balaban J connectivity index is 1.29. The van der Waals surface area contributed by atoms with E-state index in [-0.39, 0.29) is 76.6 Å². The van der Waals surface area contributed by atoms with Gasteiger partial charge in [-0.3, -0.25) is 48.1 Å². The number of benzene rings is 2. The van der Waals surface area contributed by atoms with E-state index in [4.69, 9.17) is 28.7 Å². The molecule has 0 bridgehead atoms. The molecule has 0 radical (unpaired) electrons. The highest BCUT2D eigenvalue weighted by atomic mass is 16.2. The molecular weight excluding hydrogens is 1240 g/mol. The van der Waals surface area contributed by atoms with Crippen molar-refractivity contribution in [2.45, 2.75) is 143 Å². The molecule has 0 saturated heterocycles. The number of nitrogens with one attached hydrogen (secondary N) is 3. The second kappa shape index (κ2) is 43.0. The Morgan fingerprint density at radius 1 is 0.557 bits per heavy atom. The summed E-state index contributed by atoms with van der Waals surface area (Å²) in [5.41, 5.74) is 33.8. The average Bonchev–Trinajstić information content (AvgIpc) is 1.71. The van der Waals surface area contributed by atoms with Crippen molar-refractivity contribution in [2.24, 2.45) is 45.5 Å². The molecule has 2 aromatic carbocycles. The number of primary amides is 1. The van der Waals surface area contributed by atoms with Gasteiger partial charge in [-0.15, -0.1) is 0 Å². The van der Waals surface area contributed by atoms with E-state index >= 15 is 4.79 Å². The molecule has 1 aliphatic rings. The number of carbonyl (C=O) groups excluding carboxylic acids is 9. The van der Waals surface area contributed by atoms with Crippen LogP contribution in [-0.2, 0) is 56.0 Å². The van der Waals surface area contributed by atoms with Crippen LogP contribution >= 0.6 is 0 Å². The van der Waals surface area contributed by atoms with E-state index in [1.165, 1.54) is 40.6 Å². The Morgan fingerprint density at radius 2 is 1.09 bits per heavy atom. The lowest BCUT2D eigenvalue weighted by Crippen LogP contribution is -2.53. The summed E-state index contributed by atoms with van der Waals surface area (Å²) in [7, 11) is 0. The number of aromatic nitrogens is 3. The highest BCUT2D eigenvalue weighted by Crippen LogP contribution is 2.29. The highest BCUT2D eigenvalue weighted by molar-refractivity contribution is 5.94. The molecule has 0 aliphatic carbocycles. The van der Waals surface area contributed by atoms with Gasteiger partial charge in [-0.1, -0.05) is 82.6 Å². The van der Waals surface area contributed by atoms with Crippen molar-refractivity contribution in [1.82, 2.24) is 54.6 Å². The average molecular weight is 1350 g/mol. The van der Waals surface area contributed by atoms with Gasteiger partial charge in [0, 0.05) is 88.5 Å². The highest BCUT2D eigenvalue weighted by Gasteiger charge is 2.34. The summed E-state index contributed by atoms with van der Waals surface area (Å²) in [5.74, 6) is -3.91. The summed E-state index contributed by atoms with van der Waals surface area (Å²) >= 11 is 0. The number of aromatic amines is 1. The molecular formula is C70H110N18O9. The third-order valence-corrected chi connectivity index (χ3v) is 16.9. The molecule has 1 aliphatic heterocycles. The van der Waals surface area contributed by atoms with Gasteiger partial charge in [-0.2, -0.15) is 0 Å².